The van der Waals surface area contributed by atoms with E-state index in [4.69, 9.17) is 4.42 Å². The first kappa shape index (κ1) is 11.3. The molecule has 0 amide bonds. The number of thioether (sulfide) groups is 1. The highest BCUT2D eigenvalue weighted by atomic mass is 32.2. The molecule has 0 radical (unpaired) electrons. The average molecular weight is 233 g/mol. The first-order valence-corrected chi connectivity index (χ1v) is 6.43. The molecule has 0 aliphatic rings. The lowest BCUT2D eigenvalue weighted by molar-refractivity contribution is 0.461. The smallest absolute Gasteiger partial charge is 0.125 e. The zero-order chi connectivity index (χ0) is 11.4. The van der Waals surface area contributed by atoms with Crippen LogP contribution in [0.3, 0.4) is 0 Å². The van der Waals surface area contributed by atoms with Crippen molar-refractivity contribution in [3.8, 4) is 0 Å². The van der Waals surface area contributed by atoms with Crippen molar-refractivity contribution in [1.82, 2.24) is 5.32 Å². The molecule has 0 fully saturated rings. The van der Waals surface area contributed by atoms with Crippen LogP contribution in [0.15, 0.2) is 52.0 Å². The van der Waals surface area contributed by atoms with Gasteiger partial charge in [-0.15, -0.1) is 11.8 Å². The summed E-state index contributed by atoms with van der Waals surface area (Å²) in [6.07, 6.45) is 3.80. The monoisotopic (exact) mass is 233 g/mol. The molecular formula is C13H15NOS. The minimum Gasteiger partial charge on any atom is -0.467 e. The van der Waals surface area contributed by atoms with E-state index >= 15 is 0 Å². The summed E-state index contributed by atoms with van der Waals surface area (Å²) in [6.45, 7) is 0. The van der Waals surface area contributed by atoms with E-state index < -0.39 is 0 Å². The normalized spacial score (nSPS) is 12.6. The van der Waals surface area contributed by atoms with Crippen molar-refractivity contribution in [1.29, 1.82) is 0 Å². The van der Waals surface area contributed by atoms with Gasteiger partial charge >= 0.3 is 0 Å². The predicted molar refractivity (Wildman–Crippen MR) is 67.8 cm³/mol. The van der Waals surface area contributed by atoms with Crippen LogP contribution >= 0.6 is 11.8 Å². The molecule has 0 spiro atoms. The summed E-state index contributed by atoms with van der Waals surface area (Å²) in [5, 5.41) is 3.29. The second-order valence-electron chi connectivity index (χ2n) is 3.48. The fraction of sp³-hybridized carbons (Fsp3) is 0.231. The van der Waals surface area contributed by atoms with Gasteiger partial charge in [0.05, 0.1) is 12.3 Å². The number of furan rings is 1. The van der Waals surface area contributed by atoms with Crippen LogP contribution < -0.4 is 5.32 Å². The van der Waals surface area contributed by atoms with Crippen LogP contribution in [0.2, 0.25) is 0 Å². The molecule has 3 heteroatoms. The molecule has 0 bridgehead atoms. The summed E-state index contributed by atoms with van der Waals surface area (Å²) >= 11 is 1.75. The van der Waals surface area contributed by atoms with E-state index in [1.54, 1.807) is 18.0 Å². The topological polar surface area (TPSA) is 25.2 Å². The van der Waals surface area contributed by atoms with E-state index in [2.05, 4.69) is 35.8 Å². The van der Waals surface area contributed by atoms with E-state index in [1.807, 2.05) is 19.2 Å². The molecule has 0 saturated heterocycles. The van der Waals surface area contributed by atoms with Crippen LogP contribution in [-0.2, 0) is 0 Å². The third-order valence-corrected chi connectivity index (χ3v) is 3.38. The summed E-state index contributed by atoms with van der Waals surface area (Å²) < 4.78 is 5.47. The summed E-state index contributed by atoms with van der Waals surface area (Å²) in [5.74, 6) is 0.948. The van der Waals surface area contributed by atoms with Crippen molar-refractivity contribution in [2.24, 2.45) is 0 Å². The molecule has 16 heavy (non-hydrogen) atoms. The van der Waals surface area contributed by atoms with Crippen LogP contribution in [0, 0.1) is 0 Å². The Labute approximate surface area is 100 Å². The molecule has 1 N–H and O–H groups in total. The molecule has 1 heterocycles. The molecule has 1 aromatic carbocycles. The van der Waals surface area contributed by atoms with Gasteiger partial charge in [0.25, 0.3) is 0 Å². The first-order chi connectivity index (χ1) is 7.86. The van der Waals surface area contributed by atoms with Crippen LogP contribution in [0.25, 0.3) is 0 Å². The van der Waals surface area contributed by atoms with Crippen LogP contribution in [0.1, 0.15) is 17.4 Å². The Balaban J connectivity index is 2.41. The lowest BCUT2D eigenvalue weighted by atomic mass is 10.0. The third kappa shape index (κ3) is 2.15. The molecule has 2 nitrogen and oxygen atoms in total. The van der Waals surface area contributed by atoms with E-state index in [9.17, 15) is 0 Å². The van der Waals surface area contributed by atoms with Crippen LogP contribution in [-0.4, -0.2) is 13.3 Å². The molecule has 2 aromatic rings. The van der Waals surface area contributed by atoms with Gasteiger partial charge in [0.15, 0.2) is 0 Å². The Morgan fingerprint density at radius 1 is 1.19 bits per heavy atom. The van der Waals surface area contributed by atoms with Gasteiger partial charge in [0.2, 0.25) is 0 Å². The molecule has 0 aliphatic carbocycles. The average Bonchev–Trinajstić information content (AvgIpc) is 2.84. The maximum Gasteiger partial charge on any atom is 0.125 e. The summed E-state index contributed by atoms with van der Waals surface area (Å²) in [4.78, 5) is 1.28. The van der Waals surface area contributed by atoms with Gasteiger partial charge in [0, 0.05) is 4.90 Å². The van der Waals surface area contributed by atoms with Crippen LogP contribution in [0.4, 0.5) is 0 Å². The highest BCUT2D eigenvalue weighted by Crippen LogP contribution is 2.29. The van der Waals surface area contributed by atoms with E-state index in [0.717, 1.165) is 5.76 Å². The van der Waals surface area contributed by atoms with Gasteiger partial charge in [-0.2, -0.15) is 0 Å². The molecular weight excluding hydrogens is 218 g/mol. The maximum atomic E-state index is 5.47. The van der Waals surface area contributed by atoms with Gasteiger partial charge in [-0.25, -0.2) is 0 Å². The molecule has 0 saturated carbocycles. The van der Waals surface area contributed by atoms with E-state index in [0.29, 0.717) is 0 Å². The SMILES string of the molecule is CNC(c1ccco1)c1ccccc1SC. The highest BCUT2D eigenvalue weighted by Gasteiger charge is 2.17. The molecule has 1 aromatic heterocycles. The first-order valence-electron chi connectivity index (χ1n) is 5.20. The van der Waals surface area contributed by atoms with Gasteiger partial charge in [-0.1, -0.05) is 18.2 Å². The van der Waals surface area contributed by atoms with E-state index in [-0.39, 0.29) is 6.04 Å². The van der Waals surface area contributed by atoms with Crippen molar-refractivity contribution in [2.45, 2.75) is 10.9 Å². The Morgan fingerprint density at radius 3 is 2.62 bits per heavy atom. The fourth-order valence-corrected chi connectivity index (χ4v) is 2.45. The Hall–Kier alpha value is -1.19. The fourth-order valence-electron chi connectivity index (χ4n) is 1.81. The quantitative estimate of drug-likeness (QED) is 0.820. The number of hydrogen-bond acceptors (Lipinski definition) is 3. The molecule has 0 aliphatic heterocycles. The number of benzene rings is 1. The maximum absolute atomic E-state index is 5.47. The molecule has 2 rings (SSSR count). The largest absolute Gasteiger partial charge is 0.467 e. The minimum atomic E-state index is 0.124. The Bertz CT molecular complexity index is 439. The lowest BCUT2D eigenvalue weighted by Crippen LogP contribution is -2.17. The van der Waals surface area contributed by atoms with Crippen molar-refractivity contribution in [3.63, 3.8) is 0 Å². The zero-order valence-corrected chi connectivity index (χ0v) is 10.3. The van der Waals surface area contributed by atoms with Gasteiger partial charge in [-0.3, -0.25) is 0 Å². The van der Waals surface area contributed by atoms with Crippen molar-refractivity contribution in [3.05, 3.63) is 54.0 Å². The van der Waals surface area contributed by atoms with Gasteiger partial charge in [0.1, 0.15) is 5.76 Å². The standard InChI is InChI=1S/C13H15NOS/c1-14-13(11-7-5-9-15-11)10-6-3-4-8-12(10)16-2/h3-9,13-14H,1-2H3. The highest BCUT2D eigenvalue weighted by molar-refractivity contribution is 7.98. The predicted octanol–water partition coefficient (Wildman–Crippen LogP) is 3.31. The Morgan fingerprint density at radius 2 is 2.00 bits per heavy atom. The summed E-state index contributed by atoms with van der Waals surface area (Å²) in [7, 11) is 1.95. The molecule has 1 unspecified atom stereocenters. The van der Waals surface area contributed by atoms with Crippen LogP contribution in [0.5, 0.6) is 0 Å². The third-order valence-electron chi connectivity index (χ3n) is 2.57. The Kier molecular flexibility index (Phi) is 3.70. The number of hydrogen-bond donors (Lipinski definition) is 1. The summed E-state index contributed by atoms with van der Waals surface area (Å²) in [6, 6.07) is 12.4. The lowest BCUT2D eigenvalue weighted by Gasteiger charge is -2.16. The number of nitrogens with one attached hydrogen (secondary N) is 1. The van der Waals surface area contributed by atoms with Crippen molar-refractivity contribution in [2.75, 3.05) is 13.3 Å². The van der Waals surface area contributed by atoms with E-state index in [1.165, 1.54) is 10.5 Å². The van der Waals surface area contributed by atoms with Gasteiger partial charge in [-0.05, 0) is 37.1 Å². The van der Waals surface area contributed by atoms with Gasteiger partial charge < -0.3 is 9.73 Å². The second-order valence-corrected chi connectivity index (χ2v) is 4.33. The molecule has 1 atom stereocenters. The minimum absolute atomic E-state index is 0.124. The van der Waals surface area contributed by atoms with Crippen molar-refractivity contribution >= 4 is 11.8 Å². The molecule has 84 valence electrons. The number of rotatable bonds is 4. The summed E-state index contributed by atoms with van der Waals surface area (Å²) in [5.41, 5.74) is 1.26. The second kappa shape index (κ2) is 5.23. The van der Waals surface area contributed by atoms with Crippen molar-refractivity contribution < 1.29 is 4.42 Å². The zero-order valence-electron chi connectivity index (χ0n) is 9.44.